The van der Waals surface area contributed by atoms with Crippen LogP contribution >= 0.6 is 0 Å². The average Bonchev–Trinajstić information content (AvgIpc) is 3.07. The van der Waals surface area contributed by atoms with Crippen molar-refractivity contribution in [3.05, 3.63) is 59.7 Å². The van der Waals surface area contributed by atoms with Gasteiger partial charge in [0.1, 0.15) is 11.3 Å². The monoisotopic (exact) mass is 269 g/mol. The van der Waals surface area contributed by atoms with E-state index in [2.05, 4.69) is 0 Å². The predicted octanol–water partition coefficient (Wildman–Crippen LogP) is 3.61. The Morgan fingerprint density at radius 1 is 1.20 bits per heavy atom. The highest BCUT2D eigenvalue weighted by atomic mass is 16.3. The molecule has 0 fully saturated rings. The molecule has 0 bridgehead atoms. The molecule has 0 aliphatic rings. The first-order valence-electron chi connectivity index (χ1n) is 6.43. The molecular formula is C16H15NO3. The number of benzene rings is 1. The lowest BCUT2D eigenvalue weighted by atomic mass is 10.1. The molecule has 0 atom stereocenters. The lowest BCUT2D eigenvalue weighted by molar-refractivity contribution is 0.0745. The number of carbonyl (C=O) groups excluding carboxylic acids is 1. The maximum atomic E-state index is 12.5. The Labute approximate surface area is 116 Å². The molecule has 0 N–H and O–H groups in total. The van der Waals surface area contributed by atoms with Crippen molar-refractivity contribution in [1.29, 1.82) is 0 Å². The van der Waals surface area contributed by atoms with E-state index >= 15 is 0 Å². The van der Waals surface area contributed by atoms with Crippen LogP contribution in [0.5, 0.6) is 0 Å². The highest BCUT2D eigenvalue weighted by molar-refractivity contribution is 5.98. The molecule has 2 aromatic heterocycles. The van der Waals surface area contributed by atoms with E-state index in [1.54, 1.807) is 24.3 Å². The van der Waals surface area contributed by atoms with Crippen molar-refractivity contribution >= 4 is 16.9 Å². The summed E-state index contributed by atoms with van der Waals surface area (Å²) in [5, 5.41) is 0.974. The number of rotatable bonds is 3. The Morgan fingerprint density at radius 3 is 2.70 bits per heavy atom. The summed E-state index contributed by atoms with van der Waals surface area (Å²) in [4.78, 5) is 14.0. The van der Waals surface area contributed by atoms with Crippen LogP contribution in [-0.4, -0.2) is 17.9 Å². The molecule has 20 heavy (non-hydrogen) atoms. The van der Waals surface area contributed by atoms with Crippen molar-refractivity contribution in [3.63, 3.8) is 0 Å². The standard InChI is InChI=1S/C16H15NO3/c1-11-13-7-3-4-8-14(13)20-15(11)16(18)17(2)10-12-6-5-9-19-12/h3-9H,10H2,1-2H3. The van der Waals surface area contributed by atoms with Crippen molar-refractivity contribution in [2.24, 2.45) is 0 Å². The fourth-order valence-corrected chi connectivity index (χ4v) is 2.26. The van der Waals surface area contributed by atoms with Gasteiger partial charge in [-0.05, 0) is 25.1 Å². The maximum Gasteiger partial charge on any atom is 0.290 e. The normalized spacial score (nSPS) is 10.9. The summed E-state index contributed by atoms with van der Waals surface area (Å²) in [6, 6.07) is 11.3. The summed E-state index contributed by atoms with van der Waals surface area (Å²) in [5.74, 6) is 0.991. The van der Waals surface area contributed by atoms with Gasteiger partial charge < -0.3 is 13.7 Å². The molecule has 2 heterocycles. The summed E-state index contributed by atoms with van der Waals surface area (Å²) in [7, 11) is 1.73. The van der Waals surface area contributed by atoms with Crippen LogP contribution in [0.15, 0.2) is 51.5 Å². The van der Waals surface area contributed by atoms with Gasteiger partial charge in [0.2, 0.25) is 0 Å². The van der Waals surface area contributed by atoms with Gasteiger partial charge >= 0.3 is 0 Å². The molecule has 3 rings (SSSR count). The number of carbonyl (C=O) groups is 1. The molecule has 0 unspecified atom stereocenters. The van der Waals surface area contributed by atoms with Crippen molar-refractivity contribution in [2.45, 2.75) is 13.5 Å². The van der Waals surface area contributed by atoms with E-state index in [1.165, 1.54) is 0 Å². The summed E-state index contributed by atoms with van der Waals surface area (Å²) >= 11 is 0. The first-order valence-corrected chi connectivity index (χ1v) is 6.43. The number of furan rings is 2. The third-order valence-corrected chi connectivity index (χ3v) is 3.36. The van der Waals surface area contributed by atoms with Gasteiger partial charge in [-0.3, -0.25) is 4.79 Å². The number of fused-ring (bicyclic) bond motifs is 1. The third-order valence-electron chi connectivity index (χ3n) is 3.36. The van der Waals surface area contributed by atoms with Crippen molar-refractivity contribution in [1.82, 2.24) is 4.90 Å². The molecule has 1 amide bonds. The lowest BCUT2D eigenvalue weighted by Crippen LogP contribution is -2.26. The van der Waals surface area contributed by atoms with E-state index in [4.69, 9.17) is 8.83 Å². The molecule has 4 heteroatoms. The Hall–Kier alpha value is -2.49. The Morgan fingerprint density at radius 2 is 2.00 bits per heavy atom. The van der Waals surface area contributed by atoms with Crippen molar-refractivity contribution in [3.8, 4) is 0 Å². The van der Waals surface area contributed by atoms with Crippen LogP contribution in [-0.2, 0) is 6.54 Å². The molecule has 1 aromatic carbocycles. The number of hydrogen-bond donors (Lipinski definition) is 0. The summed E-state index contributed by atoms with van der Waals surface area (Å²) in [6.45, 7) is 2.32. The lowest BCUT2D eigenvalue weighted by Gasteiger charge is -2.14. The van der Waals surface area contributed by atoms with Gasteiger partial charge in [-0.15, -0.1) is 0 Å². The van der Waals surface area contributed by atoms with E-state index in [0.717, 1.165) is 22.3 Å². The number of aryl methyl sites for hydroxylation is 1. The first-order chi connectivity index (χ1) is 9.66. The molecule has 4 nitrogen and oxygen atoms in total. The van der Waals surface area contributed by atoms with Crippen LogP contribution in [0.3, 0.4) is 0 Å². The van der Waals surface area contributed by atoms with E-state index < -0.39 is 0 Å². The second-order valence-electron chi connectivity index (χ2n) is 4.79. The number of para-hydroxylation sites is 1. The highest BCUT2D eigenvalue weighted by Crippen LogP contribution is 2.26. The Kier molecular flexibility index (Phi) is 3.06. The van der Waals surface area contributed by atoms with E-state index in [-0.39, 0.29) is 5.91 Å². The molecule has 0 aliphatic carbocycles. The van der Waals surface area contributed by atoms with Crippen LogP contribution < -0.4 is 0 Å². The first kappa shape index (κ1) is 12.5. The largest absolute Gasteiger partial charge is 0.467 e. The molecule has 0 aliphatic heterocycles. The molecule has 0 saturated heterocycles. The van der Waals surface area contributed by atoms with Gasteiger partial charge in [0.05, 0.1) is 12.8 Å². The van der Waals surface area contributed by atoms with Crippen LogP contribution in [0, 0.1) is 6.92 Å². The number of nitrogens with zero attached hydrogens (tertiary/aromatic N) is 1. The highest BCUT2D eigenvalue weighted by Gasteiger charge is 2.21. The zero-order chi connectivity index (χ0) is 14.1. The molecule has 102 valence electrons. The van der Waals surface area contributed by atoms with E-state index in [1.807, 2.05) is 37.3 Å². The van der Waals surface area contributed by atoms with Crippen LogP contribution in [0.25, 0.3) is 11.0 Å². The van der Waals surface area contributed by atoms with E-state index in [9.17, 15) is 4.79 Å². The topological polar surface area (TPSA) is 46.6 Å². The number of hydrogen-bond acceptors (Lipinski definition) is 3. The van der Waals surface area contributed by atoms with Crippen molar-refractivity contribution in [2.75, 3.05) is 7.05 Å². The van der Waals surface area contributed by atoms with Crippen molar-refractivity contribution < 1.29 is 13.6 Å². The van der Waals surface area contributed by atoms with Gasteiger partial charge in [0.25, 0.3) is 5.91 Å². The predicted molar refractivity (Wildman–Crippen MR) is 75.5 cm³/mol. The Balaban J connectivity index is 1.90. The molecular weight excluding hydrogens is 254 g/mol. The van der Waals surface area contributed by atoms with E-state index in [0.29, 0.717) is 12.3 Å². The van der Waals surface area contributed by atoms with Crippen LogP contribution in [0.1, 0.15) is 21.9 Å². The van der Waals surface area contributed by atoms with Gasteiger partial charge in [-0.25, -0.2) is 0 Å². The SMILES string of the molecule is Cc1c(C(=O)N(C)Cc2ccco2)oc2ccccc12. The molecule has 0 radical (unpaired) electrons. The van der Waals surface area contributed by atoms with Gasteiger partial charge in [-0.2, -0.15) is 0 Å². The minimum absolute atomic E-state index is 0.143. The molecule has 3 aromatic rings. The minimum atomic E-state index is -0.143. The quantitative estimate of drug-likeness (QED) is 0.729. The second-order valence-corrected chi connectivity index (χ2v) is 4.79. The summed E-state index contributed by atoms with van der Waals surface area (Å²) in [6.07, 6.45) is 1.60. The third kappa shape index (κ3) is 2.09. The smallest absolute Gasteiger partial charge is 0.290 e. The maximum absolute atomic E-state index is 12.5. The number of amides is 1. The summed E-state index contributed by atoms with van der Waals surface area (Å²) in [5.41, 5.74) is 1.61. The van der Waals surface area contributed by atoms with Gasteiger partial charge in [-0.1, -0.05) is 18.2 Å². The van der Waals surface area contributed by atoms with Crippen LogP contribution in [0.2, 0.25) is 0 Å². The zero-order valence-electron chi connectivity index (χ0n) is 11.4. The fraction of sp³-hybridized carbons (Fsp3) is 0.188. The van der Waals surface area contributed by atoms with Gasteiger partial charge in [0, 0.05) is 18.0 Å². The zero-order valence-corrected chi connectivity index (χ0v) is 11.4. The van der Waals surface area contributed by atoms with Crippen LogP contribution in [0.4, 0.5) is 0 Å². The van der Waals surface area contributed by atoms with Gasteiger partial charge in [0.15, 0.2) is 5.76 Å². The molecule has 0 saturated carbocycles. The fourth-order valence-electron chi connectivity index (χ4n) is 2.26. The summed E-state index contributed by atoms with van der Waals surface area (Å²) < 4.78 is 10.9. The minimum Gasteiger partial charge on any atom is -0.467 e. The second kappa shape index (κ2) is 4.89. The average molecular weight is 269 g/mol. The Bertz CT molecular complexity index is 740. The molecule has 0 spiro atoms.